The van der Waals surface area contributed by atoms with E-state index in [1.54, 1.807) is 6.07 Å². The van der Waals surface area contributed by atoms with E-state index in [2.05, 4.69) is 15.0 Å². The van der Waals surface area contributed by atoms with Crippen LogP contribution < -0.4 is 11.1 Å². The van der Waals surface area contributed by atoms with E-state index < -0.39 is 0 Å². The molecule has 2 aromatic rings. The Bertz CT molecular complexity index is 509. The highest BCUT2D eigenvalue weighted by molar-refractivity contribution is 5.76. The summed E-state index contributed by atoms with van der Waals surface area (Å²) >= 11 is 0. The first-order valence-electron chi connectivity index (χ1n) is 5.74. The van der Waals surface area contributed by atoms with E-state index in [9.17, 15) is 4.79 Å². The molecule has 1 aromatic carbocycles. The molecule has 2 rings (SSSR count). The zero-order chi connectivity index (χ0) is 12.8. The van der Waals surface area contributed by atoms with Gasteiger partial charge in [0.1, 0.15) is 12.0 Å². The minimum Gasteiger partial charge on any atom is -0.399 e. The van der Waals surface area contributed by atoms with Gasteiger partial charge in [-0.3, -0.25) is 4.79 Å². The van der Waals surface area contributed by atoms with Crippen molar-refractivity contribution in [1.82, 2.24) is 10.5 Å². The van der Waals surface area contributed by atoms with Gasteiger partial charge in [0.25, 0.3) is 0 Å². The largest absolute Gasteiger partial charge is 0.399 e. The second-order valence-electron chi connectivity index (χ2n) is 4.01. The summed E-state index contributed by atoms with van der Waals surface area (Å²) in [6.07, 6.45) is 2.59. The molecule has 0 aliphatic rings. The lowest BCUT2D eigenvalue weighted by molar-refractivity contribution is -0.121. The Morgan fingerprint density at radius 1 is 1.39 bits per heavy atom. The summed E-state index contributed by atoms with van der Waals surface area (Å²) < 4.78 is 4.67. The molecule has 0 bridgehead atoms. The van der Waals surface area contributed by atoms with Crippen LogP contribution in [0.4, 0.5) is 5.69 Å². The number of rotatable bonds is 5. The minimum absolute atomic E-state index is 0.0135. The van der Waals surface area contributed by atoms with Gasteiger partial charge in [-0.15, -0.1) is 0 Å². The highest BCUT2D eigenvalue weighted by atomic mass is 16.5. The van der Waals surface area contributed by atoms with Gasteiger partial charge in [0.2, 0.25) is 5.91 Å². The molecule has 18 heavy (non-hydrogen) atoms. The van der Waals surface area contributed by atoms with Gasteiger partial charge in [0.15, 0.2) is 0 Å². The number of amides is 1. The third-order valence-electron chi connectivity index (χ3n) is 2.55. The molecule has 3 N–H and O–H groups in total. The van der Waals surface area contributed by atoms with E-state index in [4.69, 9.17) is 5.73 Å². The van der Waals surface area contributed by atoms with Crippen molar-refractivity contribution in [1.29, 1.82) is 0 Å². The molecule has 5 heteroatoms. The average Bonchev–Trinajstić information content (AvgIpc) is 2.87. The normalized spacial score (nSPS) is 10.2. The molecule has 0 radical (unpaired) electrons. The lowest BCUT2D eigenvalue weighted by Crippen LogP contribution is -2.23. The zero-order valence-corrected chi connectivity index (χ0v) is 9.93. The van der Waals surface area contributed by atoms with Crippen molar-refractivity contribution in [3.05, 3.63) is 47.9 Å². The molecular formula is C13H15N3O2. The van der Waals surface area contributed by atoms with Crippen LogP contribution in [0.5, 0.6) is 0 Å². The molecule has 0 fully saturated rings. The summed E-state index contributed by atoms with van der Waals surface area (Å²) in [5.74, 6) is -0.0135. The molecule has 1 amide bonds. The molecular weight excluding hydrogens is 230 g/mol. The fourth-order valence-electron chi connectivity index (χ4n) is 1.61. The Morgan fingerprint density at radius 3 is 3.00 bits per heavy atom. The standard InChI is InChI=1S/C13H15N3O2/c14-11-3-1-2-10(8-11)4-5-13(17)15-9-12-6-7-18-16-12/h1-3,6-8H,4-5,9,14H2,(H,15,17). The summed E-state index contributed by atoms with van der Waals surface area (Å²) in [6.45, 7) is 0.395. The quantitative estimate of drug-likeness (QED) is 0.782. The first kappa shape index (κ1) is 12.2. The zero-order valence-electron chi connectivity index (χ0n) is 9.93. The van der Waals surface area contributed by atoms with Crippen LogP contribution in [0.3, 0.4) is 0 Å². The number of benzene rings is 1. The van der Waals surface area contributed by atoms with E-state index in [0.29, 0.717) is 25.1 Å². The maximum Gasteiger partial charge on any atom is 0.220 e. The Hall–Kier alpha value is -2.30. The van der Waals surface area contributed by atoms with E-state index in [1.807, 2.05) is 24.3 Å². The number of anilines is 1. The van der Waals surface area contributed by atoms with Crippen LogP contribution >= 0.6 is 0 Å². The van der Waals surface area contributed by atoms with Crippen LogP contribution in [0, 0.1) is 0 Å². The fourth-order valence-corrected chi connectivity index (χ4v) is 1.61. The van der Waals surface area contributed by atoms with Crippen LogP contribution in [0.15, 0.2) is 41.1 Å². The lowest BCUT2D eigenvalue weighted by atomic mass is 10.1. The fraction of sp³-hybridized carbons (Fsp3) is 0.231. The number of aromatic nitrogens is 1. The van der Waals surface area contributed by atoms with Gasteiger partial charge in [0.05, 0.1) is 6.54 Å². The van der Waals surface area contributed by atoms with Gasteiger partial charge in [-0.2, -0.15) is 0 Å². The summed E-state index contributed by atoms with van der Waals surface area (Å²) in [6, 6.07) is 9.27. The number of aryl methyl sites for hydroxylation is 1. The maximum absolute atomic E-state index is 11.6. The maximum atomic E-state index is 11.6. The van der Waals surface area contributed by atoms with Crippen LogP contribution in [0.2, 0.25) is 0 Å². The molecule has 1 heterocycles. The summed E-state index contributed by atoms with van der Waals surface area (Å²) in [5.41, 5.74) is 8.16. The Balaban J connectivity index is 1.75. The summed E-state index contributed by atoms with van der Waals surface area (Å²) in [5, 5.41) is 6.49. The highest BCUT2D eigenvalue weighted by Gasteiger charge is 2.03. The molecule has 94 valence electrons. The summed E-state index contributed by atoms with van der Waals surface area (Å²) in [4.78, 5) is 11.6. The number of carbonyl (C=O) groups excluding carboxylic acids is 1. The van der Waals surface area contributed by atoms with Crippen molar-refractivity contribution in [2.24, 2.45) is 0 Å². The van der Waals surface area contributed by atoms with Gasteiger partial charge in [0, 0.05) is 18.2 Å². The average molecular weight is 245 g/mol. The molecule has 0 aliphatic heterocycles. The third kappa shape index (κ3) is 3.62. The Kier molecular flexibility index (Phi) is 3.96. The number of nitrogens with two attached hydrogens (primary N) is 1. The Labute approximate surface area is 105 Å². The molecule has 5 nitrogen and oxygen atoms in total. The summed E-state index contributed by atoms with van der Waals surface area (Å²) in [7, 11) is 0. The topological polar surface area (TPSA) is 81.2 Å². The van der Waals surface area contributed by atoms with Crippen molar-refractivity contribution in [3.8, 4) is 0 Å². The number of nitrogen functional groups attached to an aromatic ring is 1. The van der Waals surface area contributed by atoms with E-state index in [0.717, 1.165) is 11.3 Å². The van der Waals surface area contributed by atoms with Gasteiger partial charge in [-0.05, 0) is 24.1 Å². The Morgan fingerprint density at radius 2 is 2.28 bits per heavy atom. The second-order valence-corrected chi connectivity index (χ2v) is 4.01. The molecule has 0 spiro atoms. The number of hydrogen-bond donors (Lipinski definition) is 2. The SMILES string of the molecule is Nc1cccc(CCC(=O)NCc2ccon2)c1. The molecule has 0 unspecified atom stereocenters. The van der Waals surface area contributed by atoms with E-state index >= 15 is 0 Å². The number of hydrogen-bond acceptors (Lipinski definition) is 4. The molecule has 1 aromatic heterocycles. The number of nitrogens with zero attached hydrogens (tertiary/aromatic N) is 1. The minimum atomic E-state index is -0.0135. The highest BCUT2D eigenvalue weighted by Crippen LogP contribution is 2.08. The van der Waals surface area contributed by atoms with Gasteiger partial charge in [-0.25, -0.2) is 0 Å². The van der Waals surface area contributed by atoms with Crippen molar-refractivity contribution in [3.63, 3.8) is 0 Å². The van der Waals surface area contributed by atoms with Crippen molar-refractivity contribution < 1.29 is 9.32 Å². The van der Waals surface area contributed by atoms with Crippen LogP contribution in [-0.4, -0.2) is 11.1 Å². The van der Waals surface area contributed by atoms with Crippen molar-refractivity contribution >= 4 is 11.6 Å². The first-order valence-corrected chi connectivity index (χ1v) is 5.74. The monoisotopic (exact) mass is 245 g/mol. The first-order chi connectivity index (χ1) is 8.74. The second kappa shape index (κ2) is 5.86. The third-order valence-corrected chi connectivity index (χ3v) is 2.55. The van der Waals surface area contributed by atoms with Gasteiger partial charge in [-0.1, -0.05) is 17.3 Å². The number of nitrogens with one attached hydrogen (secondary N) is 1. The predicted octanol–water partition coefficient (Wildman–Crippen LogP) is 1.51. The molecule has 0 atom stereocenters. The molecule has 0 saturated carbocycles. The van der Waals surface area contributed by atoms with Gasteiger partial charge < -0.3 is 15.6 Å². The van der Waals surface area contributed by atoms with Crippen LogP contribution in [0.25, 0.3) is 0 Å². The smallest absolute Gasteiger partial charge is 0.220 e. The van der Waals surface area contributed by atoms with Crippen molar-refractivity contribution in [2.75, 3.05) is 5.73 Å². The van der Waals surface area contributed by atoms with Crippen LogP contribution in [0.1, 0.15) is 17.7 Å². The lowest BCUT2D eigenvalue weighted by Gasteiger charge is -2.04. The predicted molar refractivity (Wildman–Crippen MR) is 67.5 cm³/mol. The van der Waals surface area contributed by atoms with Crippen molar-refractivity contribution in [2.45, 2.75) is 19.4 Å². The van der Waals surface area contributed by atoms with E-state index in [-0.39, 0.29) is 5.91 Å². The molecule has 0 saturated heterocycles. The molecule has 0 aliphatic carbocycles. The van der Waals surface area contributed by atoms with E-state index in [1.165, 1.54) is 6.26 Å². The van der Waals surface area contributed by atoms with Gasteiger partial charge >= 0.3 is 0 Å². The van der Waals surface area contributed by atoms with Crippen LogP contribution in [-0.2, 0) is 17.8 Å². The number of carbonyl (C=O) groups is 1.